The van der Waals surface area contributed by atoms with E-state index in [9.17, 15) is 9.18 Å². The summed E-state index contributed by atoms with van der Waals surface area (Å²) in [6.07, 6.45) is 2.33. The molecular weight excluding hydrogens is 327 g/mol. The van der Waals surface area contributed by atoms with Gasteiger partial charge in [0, 0.05) is 18.2 Å². The number of thioether (sulfide) groups is 1. The number of carbonyl (C=O) groups is 1. The number of nitrogens with one attached hydrogen (secondary N) is 1. The average Bonchev–Trinajstić information content (AvgIpc) is 3.32. The van der Waals surface area contributed by atoms with E-state index in [1.807, 2.05) is 6.92 Å². The normalized spacial score (nSPS) is 15.3. The van der Waals surface area contributed by atoms with Gasteiger partial charge in [-0.25, -0.2) is 4.39 Å². The first kappa shape index (κ1) is 17.0. The molecule has 0 saturated heterocycles. The molecule has 128 valence electrons. The van der Waals surface area contributed by atoms with E-state index in [0.29, 0.717) is 17.2 Å². The Labute approximate surface area is 145 Å². The zero-order valence-electron chi connectivity index (χ0n) is 14.0. The third kappa shape index (κ3) is 3.61. The van der Waals surface area contributed by atoms with Gasteiger partial charge in [-0.2, -0.15) is 0 Å². The minimum Gasteiger partial charge on any atom is -0.325 e. The van der Waals surface area contributed by atoms with Crippen LogP contribution in [0.1, 0.15) is 44.0 Å². The fourth-order valence-electron chi connectivity index (χ4n) is 2.45. The third-order valence-electron chi connectivity index (χ3n) is 4.09. The van der Waals surface area contributed by atoms with E-state index in [1.54, 1.807) is 19.1 Å². The van der Waals surface area contributed by atoms with Crippen LogP contribution in [-0.2, 0) is 11.3 Å². The van der Waals surface area contributed by atoms with Gasteiger partial charge in [0.25, 0.3) is 0 Å². The second-order valence-electron chi connectivity index (χ2n) is 6.07. The predicted octanol–water partition coefficient (Wildman–Crippen LogP) is 3.74. The molecule has 1 aliphatic carbocycles. The van der Waals surface area contributed by atoms with Crippen LogP contribution in [-0.4, -0.2) is 25.9 Å². The summed E-state index contributed by atoms with van der Waals surface area (Å²) in [6, 6.07) is 4.69. The van der Waals surface area contributed by atoms with Gasteiger partial charge in [-0.1, -0.05) is 17.8 Å². The number of amides is 1. The Balaban J connectivity index is 1.66. The highest BCUT2D eigenvalue weighted by Gasteiger charge is 2.30. The predicted molar refractivity (Wildman–Crippen MR) is 92.8 cm³/mol. The van der Waals surface area contributed by atoms with Crippen LogP contribution in [0.25, 0.3) is 0 Å². The van der Waals surface area contributed by atoms with Crippen LogP contribution in [0, 0.1) is 12.7 Å². The van der Waals surface area contributed by atoms with Crippen molar-refractivity contribution in [2.45, 2.75) is 56.5 Å². The van der Waals surface area contributed by atoms with Gasteiger partial charge in [0.2, 0.25) is 5.91 Å². The number of rotatable bonds is 6. The van der Waals surface area contributed by atoms with Crippen LogP contribution in [0.2, 0.25) is 0 Å². The van der Waals surface area contributed by atoms with Crippen molar-refractivity contribution in [3.8, 4) is 0 Å². The van der Waals surface area contributed by atoms with Crippen LogP contribution in [0.3, 0.4) is 0 Å². The standard InChI is InChI=1S/C17H21FN4OS/c1-4-22-15(12-6-7-12)20-21-17(22)24-11(3)16(23)19-13-8-5-10(2)14(18)9-13/h5,8-9,11-12H,4,6-7H2,1-3H3,(H,19,23). The Bertz CT molecular complexity index is 757. The molecule has 5 nitrogen and oxygen atoms in total. The van der Waals surface area contributed by atoms with E-state index in [-0.39, 0.29) is 17.0 Å². The van der Waals surface area contributed by atoms with E-state index in [1.165, 1.54) is 17.8 Å². The van der Waals surface area contributed by atoms with Crippen molar-refractivity contribution in [3.63, 3.8) is 0 Å². The molecule has 0 radical (unpaired) electrons. The van der Waals surface area contributed by atoms with Gasteiger partial charge in [-0.15, -0.1) is 10.2 Å². The second kappa shape index (κ2) is 6.93. The number of aryl methyl sites for hydroxylation is 1. The zero-order valence-corrected chi connectivity index (χ0v) is 14.9. The third-order valence-corrected chi connectivity index (χ3v) is 5.18. The van der Waals surface area contributed by atoms with Gasteiger partial charge in [0.15, 0.2) is 5.16 Å². The van der Waals surface area contributed by atoms with E-state index in [4.69, 9.17) is 0 Å². The Morgan fingerprint density at radius 1 is 1.46 bits per heavy atom. The molecule has 1 aromatic carbocycles. The number of nitrogens with zero attached hydrogens (tertiary/aromatic N) is 3. The number of aromatic nitrogens is 3. The van der Waals surface area contributed by atoms with Crippen LogP contribution in [0.15, 0.2) is 23.4 Å². The van der Waals surface area contributed by atoms with Gasteiger partial charge in [-0.05, 0) is 51.3 Å². The number of anilines is 1. The number of hydrogen-bond donors (Lipinski definition) is 1. The molecular formula is C17H21FN4OS. The summed E-state index contributed by atoms with van der Waals surface area (Å²) in [5.41, 5.74) is 1.02. The van der Waals surface area contributed by atoms with Gasteiger partial charge < -0.3 is 9.88 Å². The smallest absolute Gasteiger partial charge is 0.237 e. The first-order valence-electron chi connectivity index (χ1n) is 8.16. The number of halogens is 1. The maximum atomic E-state index is 13.6. The van der Waals surface area contributed by atoms with Crippen molar-refractivity contribution in [1.82, 2.24) is 14.8 Å². The van der Waals surface area contributed by atoms with Gasteiger partial charge in [0.1, 0.15) is 11.6 Å². The Morgan fingerprint density at radius 3 is 2.83 bits per heavy atom. The molecule has 1 fully saturated rings. The molecule has 1 heterocycles. The Morgan fingerprint density at radius 2 is 2.21 bits per heavy atom. The lowest BCUT2D eigenvalue weighted by atomic mass is 10.2. The number of benzene rings is 1. The molecule has 0 aliphatic heterocycles. The molecule has 2 aromatic rings. The molecule has 24 heavy (non-hydrogen) atoms. The lowest BCUT2D eigenvalue weighted by molar-refractivity contribution is -0.115. The van der Waals surface area contributed by atoms with Crippen LogP contribution >= 0.6 is 11.8 Å². The molecule has 1 aromatic heterocycles. The first-order chi connectivity index (χ1) is 11.5. The fourth-order valence-corrected chi connectivity index (χ4v) is 3.37. The summed E-state index contributed by atoms with van der Waals surface area (Å²) >= 11 is 1.38. The molecule has 3 rings (SSSR count). The SMILES string of the molecule is CCn1c(SC(C)C(=O)Nc2ccc(C)c(F)c2)nnc1C1CC1. The molecule has 1 unspecified atom stereocenters. The van der Waals surface area contributed by atoms with Crippen LogP contribution in [0.4, 0.5) is 10.1 Å². The number of hydrogen-bond acceptors (Lipinski definition) is 4. The van der Waals surface area contributed by atoms with Crippen molar-refractivity contribution in [1.29, 1.82) is 0 Å². The minimum absolute atomic E-state index is 0.179. The molecule has 0 bridgehead atoms. The zero-order chi connectivity index (χ0) is 17.3. The summed E-state index contributed by atoms with van der Waals surface area (Å²) in [5, 5.41) is 11.7. The maximum Gasteiger partial charge on any atom is 0.237 e. The topological polar surface area (TPSA) is 59.8 Å². The van der Waals surface area contributed by atoms with E-state index in [2.05, 4.69) is 27.0 Å². The largest absolute Gasteiger partial charge is 0.325 e. The quantitative estimate of drug-likeness (QED) is 0.808. The highest BCUT2D eigenvalue weighted by molar-refractivity contribution is 8.00. The maximum absolute atomic E-state index is 13.6. The summed E-state index contributed by atoms with van der Waals surface area (Å²) in [4.78, 5) is 12.4. The van der Waals surface area contributed by atoms with Gasteiger partial charge in [-0.3, -0.25) is 4.79 Å². The van der Waals surface area contributed by atoms with Gasteiger partial charge >= 0.3 is 0 Å². The second-order valence-corrected chi connectivity index (χ2v) is 7.38. The fraction of sp³-hybridized carbons (Fsp3) is 0.471. The Kier molecular flexibility index (Phi) is 4.89. The average molecular weight is 348 g/mol. The first-order valence-corrected chi connectivity index (χ1v) is 9.04. The van der Waals surface area contributed by atoms with E-state index in [0.717, 1.165) is 30.4 Å². The van der Waals surface area contributed by atoms with Crippen molar-refractivity contribution in [2.75, 3.05) is 5.32 Å². The lowest BCUT2D eigenvalue weighted by Gasteiger charge is -2.13. The van der Waals surface area contributed by atoms with Crippen molar-refractivity contribution in [3.05, 3.63) is 35.4 Å². The van der Waals surface area contributed by atoms with Crippen LogP contribution < -0.4 is 5.32 Å². The highest BCUT2D eigenvalue weighted by atomic mass is 32.2. The molecule has 1 atom stereocenters. The van der Waals surface area contributed by atoms with E-state index < -0.39 is 0 Å². The molecule has 0 spiro atoms. The minimum atomic E-state index is -0.351. The van der Waals surface area contributed by atoms with Crippen molar-refractivity contribution in [2.24, 2.45) is 0 Å². The monoisotopic (exact) mass is 348 g/mol. The summed E-state index contributed by atoms with van der Waals surface area (Å²) < 4.78 is 15.7. The highest BCUT2D eigenvalue weighted by Crippen LogP contribution is 2.40. The molecule has 1 aliphatic rings. The molecule has 7 heteroatoms. The lowest BCUT2D eigenvalue weighted by Crippen LogP contribution is -2.23. The van der Waals surface area contributed by atoms with Crippen molar-refractivity contribution >= 4 is 23.4 Å². The molecule has 1 amide bonds. The van der Waals surface area contributed by atoms with E-state index >= 15 is 0 Å². The molecule has 1 N–H and O–H groups in total. The van der Waals surface area contributed by atoms with Crippen LogP contribution in [0.5, 0.6) is 0 Å². The Hall–Kier alpha value is -1.89. The number of carbonyl (C=O) groups excluding carboxylic acids is 1. The summed E-state index contributed by atoms with van der Waals surface area (Å²) in [5.74, 6) is 1.04. The molecule has 1 saturated carbocycles. The van der Waals surface area contributed by atoms with Crippen molar-refractivity contribution < 1.29 is 9.18 Å². The summed E-state index contributed by atoms with van der Waals surface area (Å²) in [6.45, 7) is 6.35. The van der Waals surface area contributed by atoms with Gasteiger partial charge in [0.05, 0.1) is 5.25 Å². The summed E-state index contributed by atoms with van der Waals surface area (Å²) in [7, 11) is 0.